The Balaban J connectivity index is 0.00000192. The maximum absolute atomic E-state index is 2.32. The first-order valence-electron chi connectivity index (χ1n) is 7.88. The smallest absolute Gasteiger partial charge is 0 e. The molecule has 0 atom stereocenters. The van der Waals surface area contributed by atoms with Crippen molar-refractivity contribution in [3.8, 4) is 0 Å². The van der Waals surface area contributed by atoms with E-state index in [9.17, 15) is 0 Å². The molecule has 0 N–H and O–H groups in total. The molecule has 23 heavy (non-hydrogen) atoms. The Morgan fingerprint density at radius 3 is 1.65 bits per heavy atom. The predicted octanol–water partition coefficient (Wildman–Crippen LogP) is 4.39. The van der Waals surface area contributed by atoms with Crippen LogP contribution in [0.25, 0.3) is 0 Å². The van der Waals surface area contributed by atoms with E-state index in [4.69, 9.17) is 0 Å². The van der Waals surface area contributed by atoms with Gasteiger partial charge in [-0.1, -0.05) is 98.3 Å². The zero-order chi connectivity index (χ0) is 15.2. The first-order valence-corrected chi connectivity index (χ1v) is 9.22. The Hall–Kier alpha value is -1.17. The minimum Gasteiger partial charge on any atom is -0.0651 e. The molecular formula is C21H21AuP. The zero-order valence-electron chi connectivity index (χ0n) is 13.2. The number of hydrogen-bond donors (Lipinski definition) is 0. The summed E-state index contributed by atoms with van der Waals surface area (Å²) in [6.07, 6.45) is 2.33. The minimum atomic E-state index is -0.478. The summed E-state index contributed by atoms with van der Waals surface area (Å²) in [5.41, 5.74) is 1.49. The van der Waals surface area contributed by atoms with Gasteiger partial charge in [0.25, 0.3) is 0 Å². The van der Waals surface area contributed by atoms with Crippen LogP contribution in [0.5, 0.6) is 0 Å². The van der Waals surface area contributed by atoms with E-state index >= 15 is 0 Å². The van der Waals surface area contributed by atoms with E-state index in [1.165, 1.54) is 27.9 Å². The fourth-order valence-electron chi connectivity index (χ4n) is 2.79. The first-order chi connectivity index (χ1) is 10.9. The zero-order valence-corrected chi connectivity index (χ0v) is 16.3. The van der Waals surface area contributed by atoms with E-state index in [1.54, 1.807) is 0 Å². The second-order valence-electron chi connectivity index (χ2n) is 5.39. The van der Waals surface area contributed by atoms with Gasteiger partial charge in [0.2, 0.25) is 0 Å². The normalized spacial score (nSPS) is 10.3. The van der Waals surface area contributed by atoms with Crippen molar-refractivity contribution < 1.29 is 22.4 Å². The summed E-state index contributed by atoms with van der Waals surface area (Å²) >= 11 is 0. The Bertz CT molecular complexity index is 671. The van der Waals surface area contributed by atoms with Gasteiger partial charge in [-0.2, -0.15) is 0 Å². The van der Waals surface area contributed by atoms with Crippen molar-refractivity contribution in [3.63, 3.8) is 0 Å². The molecule has 0 aliphatic rings. The van der Waals surface area contributed by atoms with E-state index in [1.807, 2.05) is 0 Å². The predicted molar refractivity (Wildman–Crippen MR) is 99.1 cm³/mol. The van der Waals surface area contributed by atoms with Crippen molar-refractivity contribution in [3.05, 3.63) is 90.5 Å². The van der Waals surface area contributed by atoms with Crippen LogP contribution in [-0.2, 0) is 28.8 Å². The van der Waals surface area contributed by atoms with Gasteiger partial charge in [0, 0.05) is 22.4 Å². The third kappa shape index (κ3) is 4.43. The molecule has 3 aromatic rings. The topological polar surface area (TPSA) is 0 Å². The molecule has 0 aromatic heterocycles. The molecule has 0 saturated heterocycles. The van der Waals surface area contributed by atoms with Crippen LogP contribution in [0.2, 0.25) is 0 Å². The van der Waals surface area contributed by atoms with Crippen LogP contribution in [-0.4, -0.2) is 0 Å². The number of aryl methyl sites for hydroxylation is 1. The molecule has 0 fully saturated rings. The van der Waals surface area contributed by atoms with E-state index in [-0.39, 0.29) is 22.4 Å². The largest absolute Gasteiger partial charge is 0.0651 e. The van der Waals surface area contributed by atoms with Crippen LogP contribution in [0.1, 0.15) is 18.9 Å². The number of benzene rings is 3. The van der Waals surface area contributed by atoms with E-state index in [2.05, 4.69) is 91.9 Å². The summed E-state index contributed by atoms with van der Waals surface area (Å²) in [6, 6.07) is 30.8. The third-order valence-electron chi connectivity index (χ3n) is 3.78. The van der Waals surface area contributed by atoms with Gasteiger partial charge < -0.3 is 0 Å². The van der Waals surface area contributed by atoms with Crippen LogP contribution >= 0.6 is 7.92 Å². The van der Waals surface area contributed by atoms with Gasteiger partial charge in [-0.25, -0.2) is 0 Å². The molecule has 0 saturated carbocycles. The van der Waals surface area contributed by atoms with Crippen molar-refractivity contribution in [2.45, 2.75) is 19.8 Å². The summed E-state index contributed by atoms with van der Waals surface area (Å²) in [6.45, 7) is 2.25. The molecule has 0 unspecified atom stereocenters. The van der Waals surface area contributed by atoms with Gasteiger partial charge in [0.05, 0.1) is 0 Å². The second kappa shape index (κ2) is 9.21. The maximum atomic E-state index is 2.32. The van der Waals surface area contributed by atoms with Gasteiger partial charge in [-0.3, -0.25) is 0 Å². The Morgan fingerprint density at radius 1 is 0.652 bits per heavy atom. The Kier molecular flexibility index (Phi) is 7.27. The van der Waals surface area contributed by atoms with Crippen molar-refractivity contribution >= 4 is 23.8 Å². The monoisotopic (exact) mass is 501 g/mol. The first kappa shape index (κ1) is 18.2. The molecule has 121 valence electrons. The molecule has 0 heterocycles. The van der Waals surface area contributed by atoms with Gasteiger partial charge >= 0.3 is 0 Å². The Labute approximate surface area is 156 Å². The number of rotatable bonds is 5. The van der Waals surface area contributed by atoms with Gasteiger partial charge in [-0.15, -0.1) is 0 Å². The standard InChI is InChI=1S/C21H21P.Au/c1-2-11-18-12-9-10-17-21(18)22(19-13-5-3-6-14-19)20-15-7-4-8-16-20;/h3-10,12-17H,2,11H2,1H3;. The van der Waals surface area contributed by atoms with Crippen LogP contribution < -0.4 is 15.9 Å². The summed E-state index contributed by atoms with van der Waals surface area (Å²) < 4.78 is 0. The second-order valence-corrected chi connectivity index (χ2v) is 7.57. The quantitative estimate of drug-likeness (QED) is 0.360. The molecular weight excluding hydrogens is 480 g/mol. The molecule has 0 aliphatic heterocycles. The van der Waals surface area contributed by atoms with Crippen LogP contribution in [0.3, 0.4) is 0 Å². The van der Waals surface area contributed by atoms with E-state index in [0.717, 1.165) is 6.42 Å². The fraction of sp³-hybridized carbons (Fsp3) is 0.143. The summed E-state index contributed by atoms with van der Waals surface area (Å²) in [5, 5.41) is 4.34. The van der Waals surface area contributed by atoms with Gasteiger partial charge in [-0.05, 0) is 35.8 Å². The van der Waals surface area contributed by atoms with E-state index in [0.29, 0.717) is 0 Å². The number of hydrogen-bond acceptors (Lipinski definition) is 0. The molecule has 0 spiro atoms. The molecule has 0 aliphatic carbocycles. The Morgan fingerprint density at radius 2 is 1.13 bits per heavy atom. The van der Waals surface area contributed by atoms with Crippen molar-refractivity contribution in [1.82, 2.24) is 0 Å². The SMILES string of the molecule is CCCc1ccccc1P(c1ccccc1)c1ccccc1.[Au]. The van der Waals surface area contributed by atoms with Gasteiger partial charge in [0.15, 0.2) is 0 Å². The minimum absolute atomic E-state index is 0. The summed E-state index contributed by atoms with van der Waals surface area (Å²) in [7, 11) is -0.478. The van der Waals surface area contributed by atoms with Crippen LogP contribution in [0.4, 0.5) is 0 Å². The summed E-state index contributed by atoms with van der Waals surface area (Å²) in [4.78, 5) is 0. The average Bonchev–Trinajstić information content (AvgIpc) is 2.59. The average molecular weight is 501 g/mol. The van der Waals surface area contributed by atoms with Crippen molar-refractivity contribution in [1.29, 1.82) is 0 Å². The molecule has 0 bridgehead atoms. The van der Waals surface area contributed by atoms with Gasteiger partial charge in [0.1, 0.15) is 0 Å². The molecule has 2 heteroatoms. The van der Waals surface area contributed by atoms with Crippen molar-refractivity contribution in [2.75, 3.05) is 0 Å². The van der Waals surface area contributed by atoms with Crippen LogP contribution in [0.15, 0.2) is 84.9 Å². The molecule has 0 amide bonds. The third-order valence-corrected chi connectivity index (χ3v) is 6.33. The van der Waals surface area contributed by atoms with Crippen molar-refractivity contribution in [2.24, 2.45) is 0 Å². The maximum Gasteiger partial charge on any atom is 0 e. The fourth-order valence-corrected chi connectivity index (χ4v) is 5.29. The molecule has 0 nitrogen and oxygen atoms in total. The molecule has 1 radical (unpaired) electrons. The summed E-state index contributed by atoms with van der Waals surface area (Å²) in [5.74, 6) is 0. The van der Waals surface area contributed by atoms with Crippen LogP contribution in [0, 0.1) is 0 Å². The van der Waals surface area contributed by atoms with E-state index < -0.39 is 7.92 Å². The molecule has 3 rings (SSSR count). The molecule has 3 aromatic carbocycles.